The van der Waals surface area contributed by atoms with Gasteiger partial charge in [0.2, 0.25) is 0 Å². The number of hydrogen-bond donors (Lipinski definition) is 1. The van der Waals surface area contributed by atoms with Crippen molar-refractivity contribution in [3.8, 4) is 11.4 Å². The lowest BCUT2D eigenvalue weighted by molar-refractivity contribution is -0.125. The number of Topliss-reactive ketones (excluding diaryl/α,β-unsaturated/α-hetero) is 1. The quantitative estimate of drug-likeness (QED) is 0.362. The van der Waals surface area contributed by atoms with E-state index in [4.69, 9.17) is 5.21 Å². The fourth-order valence-corrected chi connectivity index (χ4v) is 4.22. The first-order chi connectivity index (χ1) is 16.2. The van der Waals surface area contributed by atoms with Crippen molar-refractivity contribution in [3.05, 3.63) is 96.6 Å². The molecule has 166 valence electrons. The van der Waals surface area contributed by atoms with E-state index in [-0.39, 0.29) is 5.92 Å². The molecule has 2 aliphatic rings. The molecule has 2 fully saturated rings. The van der Waals surface area contributed by atoms with Gasteiger partial charge in [0.1, 0.15) is 5.78 Å². The Hall–Kier alpha value is -4.00. The number of oxime groups is 1. The number of hydrogen-bond acceptors (Lipinski definition) is 5. The average molecular weight is 440 g/mol. The summed E-state index contributed by atoms with van der Waals surface area (Å²) in [7, 11) is 0. The number of benzene rings is 2. The largest absolute Gasteiger partial charge is 0.411 e. The first kappa shape index (κ1) is 20.9. The van der Waals surface area contributed by atoms with Gasteiger partial charge in [-0.1, -0.05) is 29.4 Å². The molecule has 2 aromatic carbocycles. The predicted octanol–water partition coefficient (Wildman–Crippen LogP) is 4.90. The van der Waals surface area contributed by atoms with Crippen molar-refractivity contribution in [2.75, 3.05) is 0 Å². The van der Waals surface area contributed by atoms with Gasteiger partial charge in [0.05, 0.1) is 17.1 Å². The van der Waals surface area contributed by atoms with Crippen molar-refractivity contribution in [2.45, 2.75) is 37.5 Å². The number of carbonyl (C=O) groups excluding carboxylic acids is 1. The Labute approximate surface area is 192 Å². The Morgan fingerprint density at radius 2 is 1.27 bits per heavy atom. The summed E-state index contributed by atoms with van der Waals surface area (Å²) in [5.41, 5.74) is 5.30. The molecular weight excluding hydrogens is 414 g/mol. The molecule has 0 spiro atoms. The van der Waals surface area contributed by atoms with E-state index in [2.05, 4.69) is 27.5 Å². The summed E-state index contributed by atoms with van der Waals surface area (Å²) in [5.74, 6) is 0.810. The molecule has 0 saturated heterocycles. The Morgan fingerprint density at radius 3 is 1.61 bits per heavy atom. The fourth-order valence-electron chi connectivity index (χ4n) is 4.22. The molecule has 2 heterocycles. The monoisotopic (exact) mass is 439 g/mol. The van der Waals surface area contributed by atoms with Crippen LogP contribution in [0, 0.1) is 0 Å². The van der Waals surface area contributed by atoms with E-state index in [1.807, 2.05) is 70.3 Å². The van der Waals surface area contributed by atoms with E-state index in [1.165, 1.54) is 5.56 Å². The van der Waals surface area contributed by atoms with Crippen LogP contribution < -0.4 is 0 Å². The van der Waals surface area contributed by atoms with Crippen molar-refractivity contribution in [1.82, 2.24) is 19.6 Å². The summed E-state index contributed by atoms with van der Waals surface area (Å²) in [4.78, 5) is 11.3. The van der Waals surface area contributed by atoms with Gasteiger partial charge < -0.3 is 5.21 Å². The maximum absolute atomic E-state index is 11.3. The molecule has 7 heteroatoms. The summed E-state index contributed by atoms with van der Waals surface area (Å²) in [6.07, 6.45) is 11.1. The van der Waals surface area contributed by atoms with E-state index in [9.17, 15) is 4.79 Å². The van der Waals surface area contributed by atoms with Crippen LogP contribution in [-0.4, -0.2) is 36.3 Å². The van der Waals surface area contributed by atoms with Crippen LogP contribution in [0.15, 0.2) is 90.6 Å². The summed E-state index contributed by atoms with van der Waals surface area (Å²) in [5, 5.41) is 20.5. The number of aromatic nitrogens is 4. The molecule has 33 heavy (non-hydrogen) atoms. The van der Waals surface area contributed by atoms with Gasteiger partial charge >= 0.3 is 0 Å². The van der Waals surface area contributed by atoms with E-state index in [1.54, 1.807) is 12.4 Å². The van der Waals surface area contributed by atoms with Crippen molar-refractivity contribution in [2.24, 2.45) is 5.16 Å². The Kier molecular flexibility index (Phi) is 5.85. The van der Waals surface area contributed by atoms with Crippen LogP contribution >= 0.6 is 0 Å². The van der Waals surface area contributed by atoms with Gasteiger partial charge in [0.25, 0.3) is 0 Å². The lowest BCUT2D eigenvalue weighted by Crippen LogP contribution is -2.23. The van der Waals surface area contributed by atoms with Crippen LogP contribution in [0.2, 0.25) is 0 Å². The number of ketones is 1. The van der Waals surface area contributed by atoms with Crippen molar-refractivity contribution < 1.29 is 10.0 Å². The fraction of sp³-hybridized carbons (Fsp3) is 0.231. The molecule has 2 saturated carbocycles. The molecule has 2 atom stereocenters. The van der Waals surface area contributed by atoms with Gasteiger partial charge in [0, 0.05) is 43.0 Å². The molecule has 0 amide bonds. The highest BCUT2D eigenvalue weighted by Gasteiger charge is 2.29. The van der Waals surface area contributed by atoms with Crippen LogP contribution in [0.4, 0.5) is 0 Å². The topological polar surface area (TPSA) is 85.3 Å². The first-order valence-electron chi connectivity index (χ1n) is 11.2. The average Bonchev–Trinajstić information content (AvgIpc) is 3.54. The molecule has 6 rings (SSSR count). The molecular formula is C26H25N5O2. The minimum Gasteiger partial charge on any atom is -0.411 e. The van der Waals surface area contributed by atoms with Crippen molar-refractivity contribution in [3.63, 3.8) is 0 Å². The van der Waals surface area contributed by atoms with Gasteiger partial charge in [-0.25, -0.2) is 9.36 Å². The molecule has 7 nitrogen and oxygen atoms in total. The smallest absolute Gasteiger partial charge is 0.140 e. The van der Waals surface area contributed by atoms with Crippen LogP contribution in [0.3, 0.4) is 0 Å². The van der Waals surface area contributed by atoms with Gasteiger partial charge in [-0.15, -0.1) is 0 Å². The highest BCUT2D eigenvalue weighted by atomic mass is 16.4. The maximum Gasteiger partial charge on any atom is 0.140 e. The number of rotatable bonds is 4. The van der Waals surface area contributed by atoms with Crippen molar-refractivity contribution >= 4 is 11.5 Å². The third-order valence-electron chi connectivity index (χ3n) is 6.42. The van der Waals surface area contributed by atoms with Gasteiger partial charge in [-0.2, -0.15) is 10.2 Å². The zero-order chi connectivity index (χ0) is 22.6. The van der Waals surface area contributed by atoms with E-state index < -0.39 is 0 Å². The lowest BCUT2D eigenvalue weighted by atomic mass is 9.78. The molecule has 0 radical (unpaired) electrons. The maximum atomic E-state index is 11.3. The summed E-state index contributed by atoms with van der Waals surface area (Å²) >= 11 is 0. The van der Waals surface area contributed by atoms with Crippen LogP contribution in [0.5, 0.6) is 0 Å². The molecule has 4 aromatic rings. The minimum absolute atomic E-state index is 0.145. The third kappa shape index (κ3) is 4.35. The van der Waals surface area contributed by atoms with E-state index >= 15 is 0 Å². The Balaban J connectivity index is 0.000000139. The zero-order valence-corrected chi connectivity index (χ0v) is 18.2. The predicted molar refractivity (Wildman–Crippen MR) is 125 cm³/mol. The highest BCUT2D eigenvalue weighted by Crippen LogP contribution is 2.34. The lowest BCUT2D eigenvalue weighted by Gasteiger charge is -2.27. The van der Waals surface area contributed by atoms with Gasteiger partial charge in [-0.05, 0) is 66.8 Å². The third-order valence-corrected chi connectivity index (χ3v) is 6.42. The van der Waals surface area contributed by atoms with Gasteiger partial charge in [0.15, 0.2) is 0 Å². The molecule has 2 unspecified atom stereocenters. The van der Waals surface area contributed by atoms with E-state index in [0.717, 1.165) is 48.3 Å². The summed E-state index contributed by atoms with van der Waals surface area (Å²) in [6, 6.07) is 20.1. The first-order valence-corrected chi connectivity index (χ1v) is 11.2. The van der Waals surface area contributed by atoms with E-state index in [0.29, 0.717) is 11.7 Å². The Bertz CT molecular complexity index is 1230. The molecule has 0 bridgehead atoms. The number of nitrogens with zero attached hydrogens (tertiary/aromatic N) is 5. The van der Waals surface area contributed by atoms with Crippen LogP contribution in [-0.2, 0) is 4.79 Å². The second-order valence-electron chi connectivity index (χ2n) is 8.32. The molecule has 1 N–H and O–H groups in total. The standard InChI is InChI=1S/C13H13N3O.C13H12N2O/c17-15-13-7-6-12(13)10-2-4-11(5-3-10)16-9-1-8-14-16;16-13-7-6-12(13)10-2-4-11(5-3-10)15-9-1-8-14-15/h1-5,8-9,12,17H,6-7H2;1-5,8-9,12H,6-7H2. The van der Waals surface area contributed by atoms with Crippen molar-refractivity contribution in [1.29, 1.82) is 0 Å². The summed E-state index contributed by atoms with van der Waals surface area (Å²) < 4.78 is 3.64. The molecule has 2 aromatic heterocycles. The molecule has 0 aliphatic heterocycles. The Morgan fingerprint density at radius 1 is 0.758 bits per heavy atom. The van der Waals surface area contributed by atoms with Crippen LogP contribution in [0.1, 0.15) is 48.6 Å². The minimum atomic E-state index is 0.145. The second-order valence-corrected chi connectivity index (χ2v) is 8.32. The second kappa shape index (κ2) is 9.24. The van der Waals surface area contributed by atoms with Gasteiger partial charge in [-0.3, -0.25) is 4.79 Å². The molecule has 2 aliphatic carbocycles. The highest BCUT2D eigenvalue weighted by molar-refractivity contribution is 5.95. The van der Waals surface area contributed by atoms with Crippen LogP contribution in [0.25, 0.3) is 11.4 Å². The normalized spacial score (nSPS) is 20.5. The zero-order valence-electron chi connectivity index (χ0n) is 18.2. The summed E-state index contributed by atoms with van der Waals surface area (Å²) in [6.45, 7) is 0. The number of carbonyl (C=O) groups is 1. The SMILES string of the molecule is O=C1CCC1c1ccc(-n2cccn2)cc1.ON=C1CCC1c1ccc(-n2cccn2)cc1.